The molecule has 3 aliphatic heterocycles. The van der Waals surface area contributed by atoms with Crippen molar-refractivity contribution in [3.63, 3.8) is 0 Å². The van der Waals surface area contributed by atoms with Crippen LogP contribution >= 0.6 is 0 Å². The molecule has 0 bridgehead atoms. The molecule has 2 atom stereocenters. The summed E-state index contributed by atoms with van der Waals surface area (Å²) in [5.74, 6) is 0.808. The molecule has 10 nitrogen and oxygen atoms in total. The van der Waals surface area contributed by atoms with E-state index in [2.05, 4.69) is 39.2 Å². The zero-order valence-corrected chi connectivity index (χ0v) is 22.6. The zero-order chi connectivity index (χ0) is 26.3. The number of carbonyl (C=O) groups excluding carboxylic acids is 2. The number of nitrogens with one attached hydrogen (secondary N) is 2. The number of amides is 3. The van der Waals surface area contributed by atoms with E-state index in [0.717, 1.165) is 56.0 Å². The first-order chi connectivity index (χ1) is 17.6. The van der Waals surface area contributed by atoms with Crippen LogP contribution in [0.15, 0.2) is 18.3 Å². The number of H-pyrrole nitrogens is 1. The molecule has 5 rings (SSSR count). The molecular weight excluding hydrogens is 470 g/mol. The third-order valence-electron chi connectivity index (χ3n) is 8.28. The highest BCUT2D eigenvalue weighted by Gasteiger charge is 2.47. The van der Waals surface area contributed by atoms with Crippen LogP contribution in [0.3, 0.4) is 0 Å². The number of urea groups is 1. The average Bonchev–Trinajstić information content (AvgIpc) is 3.39. The van der Waals surface area contributed by atoms with Crippen molar-refractivity contribution >= 4 is 17.8 Å². The van der Waals surface area contributed by atoms with Gasteiger partial charge in [-0.1, -0.05) is 0 Å². The van der Waals surface area contributed by atoms with Gasteiger partial charge in [0.1, 0.15) is 5.69 Å². The van der Waals surface area contributed by atoms with E-state index in [-0.39, 0.29) is 18.0 Å². The number of carbonyl (C=O) groups is 2. The van der Waals surface area contributed by atoms with Gasteiger partial charge in [0.15, 0.2) is 5.82 Å². The number of hydrogen-bond donors (Lipinski definition) is 2. The van der Waals surface area contributed by atoms with Crippen molar-refractivity contribution in [3.05, 3.63) is 40.8 Å². The fourth-order valence-electron chi connectivity index (χ4n) is 5.89. The number of aromatic nitrogens is 3. The Morgan fingerprint density at radius 1 is 1.19 bits per heavy atom. The van der Waals surface area contributed by atoms with Gasteiger partial charge in [-0.25, -0.2) is 4.79 Å². The summed E-state index contributed by atoms with van der Waals surface area (Å²) in [5, 5.41) is 10.3. The number of rotatable bonds is 4. The first-order valence-corrected chi connectivity index (χ1v) is 13.4. The van der Waals surface area contributed by atoms with E-state index in [9.17, 15) is 9.59 Å². The molecule has 0 unspecified atom stereocenters. The largest absolute Gasteiger partial charge is 0.381 e. The smallest absolute Gasteiger partial charge is 0.321 e. The van der Waals surface area contributed by atoms with Gasteiger partial charge in [-0.15, -0.1) is 0 Å². The fraction of sp³-hybridized carbons (Fsp3) is 0.630. The average molecular weight is 510 g/mol. The molecule has 2 saturated heterocycles. The highest BCUT2D eigenvalue weighted by molar-refractivity contribution is 6.03. The molecule has 2 aromatic heterocycles. The van der Waals surface area contributed by atoms with Crippen LogP contribution < -0.4 is 5.32 Å². The number of nitrogens with zero attached hydrogens (tertiary/aromatic N) is 5. The van der Waals surface area contributed by atoms with Crippen LogP contribution in [-0.4, -0.2) is 86.8 Å². The lowest BCUT2D eigenvalue weighted by Gasteiger charge is -2.47. The van der Waals surface area contributed by atoms with Crippen LogP contribution in [0.4, 0.5) is 10.6 Å². The minimum atomic E-state index is -0.577. The monoisotopic (exact) mass is 509 g/mol. The Bertz CT molecular complexity index is 1160. The normalized spacial score (nSPS) is 24.2. The lowest BCUT2D eigenvalue weighted by Crippen LogP contribution is -2.62. The molecule has 0 aromatic carbocycles. The minimum Gasteiger partial charge on any atom is -0.381 e. The highest BCUT2D eigenvalue weighted by atomic mass is 16.5. The SMILES string of the molecule is Cc1ccnc(C(=O)Nc2n[nH]c3c2CN(C(=O)N2C[C@@H](C)N(CC4CCOCC4)C[C@@H]2C)C3(C)C)c1. The van der Waals surface area contributed by atoms with Crippen molar-refractivity contribution < 1.29 is 14.3 Å². The molecule has 2 fully saturated rings. The van der Waals surface area contributed by atoms with Gasteiger partial charge in [-0.3, -0.25) is 19.8 Å². The zero-order valence-electron chi connectivity index (χ0n) is 22.6. The van der Waals surface area contributed by atoms with Gasteiger partial charge < -0.3 is 19.9 Å². The summed E-state index contributed by atoms with van der Waals surface area (Å²) >= 11 is 0. The Hall–Kier alpha value is -2.98. The molecular formula is C27H39N7O3. The summed E-state index contributed by atoms with van der Waals surface area (Å²) in [6.07, 6.45) is 3.85. The van der Waals surface area contributed by atoms with Crippen LogP contribution in [0.25, 0.3) is 0 Å². The van der Waals surface area contributed by atoms with Crippen LogP contribution in [-0.2, 0) is 16.8 Å². The molecule has 2 aromatic rings. The van der Waals surface area contributed by atoms with Crippen LogP contribution in [0.5, 0.6) is 0 Å². The molecule has 0 saturated carbocycles. The van der Waals surface area contributed by atoms with Crippen molar-refractivity contribution in [2.75, 3.05) is 38.2 Å². The van der Waals surface area contributed by atoms with E-state index in [1.807, 2.05) is 36.6 Å². The van der Waals surface area contributed by atoms with Gasteiger partial charge in [0.05, 0.1) is 17.8 Å². The maximum Gasteiger partial charge on any atom is 0.321 e. The van der Waals surface area contributed by atoms with Crippen molar-refractivity contribution in [2.45, 2.75) is 71.6 Å². The van der Waals surface area contributed by atoms with Crippen molar-refractivity contribution in [2.24, 2.45) is 5.92 Å². The quantitative estimate of drug-likeness (QED) is 0.655. The van der Waals surface area contributed by atoms with Gasteiger partial charge in [0.2, 0.25) is 0 Å². The molecule has 0 aliphatic carbocycles. The van der Waals surface area contributed by atoms with E-state index in [1.54, 1.807) is 12.3 Å². The number of anilines is 1. The first kappa shape index (κ1) is 25.7. The lowest BCUT2D eigenvalue weighted by molar-refractivity contribution is 0.00882. The molecule has 3 amide bonds. The second kappa shape index (κ2) is 10.1. The summed E-state index contributed by atoms with van der Waals surface area (Å²) < 4.78 is 5.53. The summed E-state index contributed by atoms with van der Waals surface area (Å²) in [5.41, 5.74) is 2.42. The van der Waals surface area contributed by atoms with Crippen molar-refractivity contribution in [3.8, 4) is 0 Å². The Kier molecular flexibility index (Phi) is 6.97. The predicted octanol–water partition coefficient (Wildman–Crippen LogP) is 3.36. The van der Waals surface area contributed by atoms with Gasteiger partial charge >= 0.3 is 6.03 Å². The van der Waals surface area contributed by atoms with Gasteiger partial charge in [0.25, 0.3) is 5.91 Å². The maximum absolute atomic E-state index is 13.9. The summed E-state index contributed by atoms with van der Waals surface area (Å²) in [4.78, 5) is 37.4. The summed E-state index contributed by atoms with van der Waals surface area (Å²) in [7, 11) is 0. The van der Waals surface area contributed by atoms with Crippen LogP contribution in [0.1, 0.15) is 67.8 Å². The number of piperazine rings is 1. The Morgan fingerprint density at radius 3 is 2.68 bits per heavy atom. The highest BCUT2D eigenvalue weighted by Crippen LogP contribution is 2.41. The number of hydrogen-bond acceptors (Lipinski definition) is 6. The predicted molar refractivity (Wildman–Crippen MR) is 140 cm³/mol. The number of ether oxygens (including phenoxy) is 1. The molecule has 3 aliphatic rings. The van der Waals surface area contributed by atoms with Crippen molar-refractivity contribution in [1.82, 2.24) is 29.9 Å². The topological polar surface area (TPSA) is 107 Å². The van der Waals surface area contributed by atoms with Gasteiger partial charge in [0, 0.05) is 56.7 Å². The van der Waals surface area contributed by atoms with Gasteiger partial charge in [-0.2, -0.15) is 5.10 Å². The standard InChI is InChI=1S/C27H39N7O3/c1-17-6-9-28-22(12-17)25(35)29-24-21-16-34(27(4,5)23(21)30-31-24)26(36)33-14-18(2)32(13-19(33)3)15-20-7-10-37-11-8-20/h6,9,12,18-20H,7-8,10-11,13-16H2,1-5H3,(H2,29,30,31,35)/t18-,19+/m1/s1. The molecule has 0 radical (unpaired) electrons. The lowest BCUT2D eigenvalue weighted by atomic mass is 9.97. The molecule has 10 heteroatoms. The fourth-order valence-corrected chi connectivity index (χ4v) is 5.89. The number of aryl methyl sites for hydroxylation is 1. The molecule has 37 heavy (non-hydrogen) atoms. The third kappa shape index (κ3) is 4.96. The number of fused-ring (bicyclic) bond motifs is 1. The second-order valence-electron chi connectivity index (χ2n) is 11.4. The molecule has 5 heterocycles. The van der Waals surface area contributed by atoms with E-state index in [0.29, 0.717) is 36.6 Å². The van der Waals surface area contributed by atoms with E-state index < -0.39 is 5.54 Å². The molecule has 0 spiro atoms. The van der Waals surface area contributed by atoms with E-state index >= 15 is 0 Å². The Labute approximate surface area is 218 Å². The van der Waals surface area contributed by atoms with Crippen LogP contribution in [0, 0.1) is 12.8 Å². The second-order valence-corrected chi connectivity index (χ2v) is 11.4. The summed E-state index contributed by atoms with van der Waals surface area (Å²) in [6.45, 7) is 15.1. The Morgan fingerprint density at radius 2 is 1.95 bits per heavy atom. The summed E-state index contributed by atoms with van der Waals surface area (Å²) in [6, 6.07) is 4.03. The maximum atomic E-state index is 13.9. The third-order valence-corrected chi connectivity index (χ3v) is 8.28. The van der Waals surface area contributed by atoms with Gasteiger partial charge in [-0.05, 0) is 71.1 Å². The number of aromatic amines is 1. The van der Waals surface area contributed by atoms with E-state index in [4.69, 9.17) is 4.74 Å². The molecule has 2 N–H and O–H groups in total. The van der Waals surface area contributed by atoms with Crippen molar-refractivity contribution in [1.29, 1.82) is 0 Å². The van der Waals surface area contributed by atoms with Crippen LogP contribution in [0.2, 0.25) is 0 Å². The van der Waals surface area contributed by atoms with E-state index in [1.165, 1.54) is 0 Å². The first-order valence-electron chi connectivity index (χ1n) is 13.4. The Balaban J connectivity index is 1.27. The minimum absolute atomic E-state index is 0.0253. The number of pyridine rings is 1. The molecule has 200 valence electrons.